The molecule has 0 radical (unpaired) electrons. The quantitative estimate of drug-likeness (QED) is 0.274. The van der Waals surface area contributed by atoms with Gasteiger partial charge in [-0.05, 0) is 66.9 Å². The highest BCUT2D eigenvalue weighted by atomic mass is 35.5. The first-order valence-electron chi connectivity index (χ1n) is 11.6. The fraction of sp³-hybridized carbons (Fsp3) is 0.241. The highest BCUT2D eigenvalue weighted by molar-refractivity contribution is 6.30. The zero-order valence-electron chi connectivity index (χ0n) is 20.2. The Hall–Kier alpha value is -3.37. The number of aromatic amines is 1. The van der Waals surface area contributed by atoms with Gasteiger partial charge in [-0.3, -0.25) is 0 Å². The highest BCUT2D eigenvalue weighted by Crippen LogP contribution is 2.30. The second kappa shape index (κ2) is 10.7. The maximum Gasteiger partial charge on any atom is 0.128 e. The van der Waals surface area contributed by atoms with Crippen LogP contribution in [0.15, 0.2) is 72.8 Å². The van der Waals surface area contributed by atoms with Crippen molar-refractivity contribution < 1.29 is 9.47 Å². The number of aryl methyl sites for hydroxylation is 2. The first-order valence-corrected chi connectivity index (χ1v) is 12.0. The monoisotopic (exact) mass is 474 g/mol. The van der Waals surface area contributed by atoms with Crippen LogP contribution in [-0.2, 0) is 19.4 Å². The molecule has 0 bridgehead atoms. The van der Waals surface area contributed by atoms with Gasteiger partial charge in [0.05, 0.1) is 19.7 Å². The van der Waals surface area contributed by atoms with E-state index < -0.39 is 0 Å². The van der Waals surface area contributed by atoms with Gasteiger partial charge < -0.3 is 19.0 Å². The van der Waals surface area contributed by atoms with Gasteiger partial charge in [-0.25, -0.2) is 0 Å². The summed E-state index contributed by atoms with van der Waals surface area (Å²) < 4.78 is 13.1. The minimum Gasteiger partial charge on any atom is -0.496 e. The number of rotatable bonds is 6. The molecule has 0 amide bonds. The summed E-state index contributed by atoms with van der Waals surface area (Å²) in [7, 11) is 3.42. The van der Waals surface area contributed by atoms with Crippen LogP contribution < -0.4 is 9.47 Å². The van der Waals surface area contributed by atoms with Gasteiger partial charge in [0, 0.05) is 39.2 Å². The van der Waals surface area contributed by atoms with E-state index in [4.69, 9.17) is 21.1 Å². The van der Waals surface area contributed by atoms with Crippen molar-refractivity contribution >= 4 is 33.4 Å². The van der Waals surface area contributed by atoms with E-state index in [0.717, 1.165) is 41.4 Å². The summed E-state index contributed by atoms with van der Waals surface area (Å²) in [5.41, 5.74) is 6.11. The molecule has 0 atom stereocenters. The van der Waals surface area contributed by atoms with E-state index in [2.05, 4.69) is 53.7 Å². The molecule has 5 rings (SSSR count). The predicted molar refractivity (Wildman–Crippen MR) is 143 cm³/mol. The molecule has 4 nitrogen and oxygen atoms in total. The lowest BCUT2D eigenvalue weighted by Gasteiger charge is -2.10. The van der Waals surface area contributed by atoms with Crippen molar-refractivity contribution in [1.29, 1.82) is 0 Å². The Morgan fingerprint density at radius 2 is 1.50 bits per heavy atom. The van der Waals surface area contributed by atoms with Crippen molar-refractivity contribution in [3.63, 3.8) is 0 Å². The summed E-state index contributed by atoms with van der Waals surface area (Å²) in [5, 5.41) is 3.11. The molecule has 1 N–H and O–H groups in total. The Bertz CT molecular complexity index is 1400. The fourth-order valence-electron chi connectivity index (χ4n) is 4.34. The van der Waals surface area contributed by atoms with Crippen LogP contribution in [0.25, 0.3) is 21.8 Å². The van der Waals surface area contributed by atoms with Crippen LogP contribution in [0.3, 0.4) is 0 Å². The SMILES string of the molecule is CCc1cc2c(OC)cccc2[nH]1.CCc1cc2c(OC)cccc2n1Cc1cccc(Cl)c1. The number of hydrogen-bond acceptors (Lipinski definition) is 2. The van der Waals surface area contributed by atoms with Crippen LogP contribution in [0.4, 0.5) is 0 Å². The number of nitrogens with one attached hydrogen (secondary N) is 1. The Kier molecular flexibility index (Phi) is 7.49. The van der Waals surface area contributed by atoms with Gasteiger partial charge in [-0.1, -0.05) is 49.7 Å². The Labute approximate surface area is 206 Å². The Balaban J connectivity index is 0.000000180. The summed E-state index contributed by atoms with van der Waals surface area (Å²) in [4.78, 5) is 3.34. The highest BCUT2D eigenvalue weighted by Gasteiger charge is 2.11. The molecule has 0 unspecified atom stereocenters. The molecule has 0 spiro atoms. The molecule has 2 heterocycles. The van der Waals surface area contributed by atoms with E-state index in [-0.39, 0.29) is 0 Å². The van der Waals surface area contributed by atoms with Crippen LogP contribution in [0.5, 0.6) is 11.5 Å². The van der Waals surface area contributed by atoms with Gasteiger partial charge in [0.25, 0.3) is 0 Å². The van der Waals surface area contributed by atoms with Crippen molar-refractivity contribution in [2.45, 2.75) is 33.2 Å². The van der Waals surface area contributed by atoms with Gasteiger partial charge in [0.15, 0.2) is 0 Å². The number of halogens is 1. The summed E-state index contributed by atoms with van der Waals surface area (Å²) in [6.07, 6.45) is 2.01. The van der Waals surface area contributed by atoms with E-state index in [9.17, 15) is 0 Å². The molecule has 176 valence electrons. The standard InChI is InChI=1S/C18H18ClNO.C11H13NO/c1-3-15-11-16-17(8-5-9-18(16)21-2)20(15)12-13-6-4-7-14(19)10-13;1-3-8-7-9-10(12-8)5-4-6-11(9)13-2/h4-11H,3,12H2,1-2H3;4-7,12H,3H2,1-2H3. The van der Waals surface area contributed by atoms with Gasteiger partial charge in [-0.2, -0.15) is 0 Å². The van der Waals surface area contributed by atoms with Crippen LogP contribution in [0.2, 0.25) is 5.02 Å². The van der Waals surface area contributed by atoms with E-state index in [1.165, 1.54) is 33.2 Å². The minimum absolute atomic E-state index is 0.777. The smallest absolute Gasteiger partial charge is 0.128 e. The summed E-state index contributed by atoms with van der Waals surface area (Å²) in [6.45, 7) is 5.13. The molecule has 2 aromatic heterocycles. The third kappa shape index (κ3) is 4.92. The molecule has 0 fully saturated rings. The molecular formula is C29H31ClN2O2. The normalized spacial score (nSPS) is 10.9. The zero-order valence-corrected chi connectivity index (χ0v) is 20.9. The van der Waals surface area contributed by atoms with Crippen molar-refractivity contribution in [3.05, 3.63) is 94.8 Å². The molecule has 0 saturated carbocycles. The molecule has 0 aliphatic heterocycles. The summed E-state index contributed by atoms with van der Waals surface area (Å²) in [6, 6.07) is 24.6. The molecule has 5 heteroatoms. The van der Waals surface area contributed by atoms with Crippen molar-refractivity contribution in [1.82, 2.24) is 9.55 Å². The second-order valence-corrected chi connectivity index (χ2v) is 8.60. The molecule has 0 aliphatic rings. The number of nitrogens with zero attached hydrogens (tertiary/aromatic N) is 1. The molecule has 0 aliphatic carbocycles. The predicted octanol–water partition coefficient (Wildman–Crippen LogP) is 7.65. The first-order chi connectivity index (χ1) is 16.6. The number of hydrogen-bond donors (Lipinski definition) is 1. The average Bonchev–Trinajstić information content (AvgIpc) is 3.45. The van der Waals surface area contributed by atoms with Gasteiger partial charge >= 0.3 is 0 Å². The number of fused-ring (bicyclic) bond motifs is 2. The van der Waals surface area contributed by atoms with Crippen LogP contribution in [0.1, 0.15) is 30.8 Å². The summed E-state index contributed by atoms with van der Waals surface area (Å²) in [5.74, 6) is 1.86. The zero-order chi connectivity index (χ0) is 24.1. The van der Waals surface area contributed by atoms with E-state index in [0.29, 0.717) is 0 Å². The van der Waals surface area contributed by atoms with Crippen LogP contribution in [-0.4, -0.2) is 23.8 Å². The van der Waals surface area contributed by atoms with Gasteiger partial charge in [0.1, 0.15) is 11.5 Å². The molecule has 0 saturated heterocycles. The fourth-order valence-corrected chi connectivity index (χ4v) is 4.55. The van der Waals surface area contributed by atoms with Gasteiger partial charge in [0.2, 0.25) is 0 Å². The van der Waals surface area contributed by atoms with Crippen molar-refractivity contribution in [2.24, 2.45) is 0 Å². The number of H-pyrrole nitrogens is 1. The minimum atomic E-state index is 0.777. The van der Waals surface area contributed by atoms with E-state index >= 15 is 0 Å². The lowest BCUT2D eigenvalue weighted by Crippen LogP contribution is -2.03. The lowest BCUT2D eigenvalue weighted by molar-refractivity contribution is 0.419. The first kappa shape index (κ1) is 23.8. The number of benzene rings is 3. The number of methoxy groups -OCH3 is 2. The number of ether oxygens (including phenoxy) is 2. The number of aromatic nitrogens is 2. The average molecular weight is 475 g/mol. The Morgan fingerprint density at radius 1 is 0.794 bits per heavy atom. The van der Waals surface area contributed by atoms with Crippen molar-refractivity contribution in [2.75, 3.05) is 14.2 Å². The summed E-state index contributed by atoms with van der Waals surface area (Å²) >= 11 is 6.10. The maximum atomic E-state index is 6.10. The van der Waals surface area contributed by atoms with E-state index in [1.807, 2.05) is 42.5 Å². The molecule has 34 heavy (non-hydrogen) atoms. The van der Waals surface area contributed by atoms with Gasteiger partial charge in [-0.15, -0.1) is 0 Å². The van der Waals surface area contributed by atoms with Crippen molar-refractivity contribution in [3.8, 4) is 11.5 Å². The largest absolute Gasteiger partial charge is 0.496 e. The molecule has 5 aromatic rings. The maximum absolute atomic E-state index is 6.10. The topological polar surface area (TPSA) is 39.2 Å². The Morgan fingerprint density at radius 3 is 2.18 bits per heavy atom. The van der Waals surface area contributed by atoms with E-state index in [1.54, 1.807) is 14.2 Å². The molecule has 3 aromatic carbocycles. The van der Waals surface area contributed by atoms with Crippen LogP contribution in [0, 0.1) is 0 Å². The second-order valence-electron chi connectivity index (χ2n) is 8.17. The van der Waals surface area contributed by atoms with Crippen LogP contribution >= 0.6 is 11.6 Å². The molecular weight excluding hydrogens is 444 g/mol. The lowest BCUT2D eigenvalue weighted by atomic mass is 10.2. The third-order valence-electron chi connectivity index (χ3n) is 6.08. The third-order valence-corrected chi connectivity index (χ3v) is 6.32.